The van der Waals surface area contributed by atoms with Crippen molar-refractivity contribution in [2.24, 2.45) is 0 Å². The van der Waals surface area contributed by atoms with E-state index in [1.807, 2.05) is 29.7 Å². The second kappa shape index (κ2) is 4.75. The van der Waals surface area contributed by atoms with Gasteiger partial charge in [0.05, 0.1) is 17.4 Å². The van der Waals surface area contributed by atoms with Crippen molar-refractivity contribution < 1.29 is 9.90 Å². The van der Waals surface area contributed by atoms with Crippen LogP contribution in [0.15, 0.2) is 29.0 Å². The Hall–Kier alpha value is -2.15. The number of rotatable bonds is 3. The fraction of sp³-hybridized carbons (Fsp3) is 0.154. The number of H-pyrrole nitrogens is 1. The zero-order valence-electron chi connectivity index (χ0n) is 10.6. The number of carboxylic acids is 1. The van der Waals surface area contributed by atoms with E-state index in [0.29, 0.717) is 18.1 Å². The molecule has 0 saturated heterocycles. The molecule has 0 radical (unpaired) electrons. The number of carbonyl (C=O) groups is 1. The highest BCUT2D eigenvalue weighted by Gasteiger charge is 2.20. The lowest BCUT2D eigenvalue weighted by atomic mass is 10.3. The molecule has 1 aromatic carbocycles. The first-order valence-electron chi connectivity index (χ1n) is 6.04. The second-order valence-electron chi connectivity index (χ2n) is 4.24. The Balaban J connectivity index is 2.30. The van der Waals surface area contributed by atoms with Crippen LogP contribution in [0.25, 0.3) is 22.6 Å². The molecule has 0 aliphatic rings. The van der Waals surface area contributed by atoms with Gasteiger partial charge in [-0.15, -0.1) is 0 Å². The number of aromatic amines is 1. The summed E-state index contributed by atoms with van der Waals surface area (Å²) in [4.78, 5) is 22.5. The van der Waals surface area contributed by atoms with Crippen LogP contribution in [0.2, 0.25) is 0 Å². The van der Waals surface area contributed by atoms with E-state index in [1.165, 1.54) is 6.33 Å². The molecule has 102 valence electrons. The zero-order valence-corrected chi connectivity index (χ0v) is 12.2. The Labute approximate surface area is 122 Å². The highest BCUT2D eigenvalue weighted by Crippen LogP contribution is 2.27. The third-order valence-electron chi connectivity index (χ3n) is 3.09. The number of aromatic nitrogens is 4. The Morgan fingerprint density at radius 1 is 1.50 bits per heavy atom. The monoisotopic (exact) mass is 334 g/mol. The van der Waals surface area contributed by atoms with Crippen molar-refractivity contribution in [3.63, 3.8) is 0 Å². The Kier molecular flexibility index (Phi) is 3.06. The summed E-state index contributed by atoms with van der Waals surface area (Å²) in [5.41, 5.74) is 2.15. The predicted octanol–water partition coefficient (Wildman–Crippen LogP) is 2.91. The topological polar surface area (TPSA) is 83.8 Å². The summed E-state index contributed by atoms with van der Waals surface area (Å²) in [5.74, 6) is -0.493. The maximum atomic E-state index is 11.2. The van der Waals surface area contributed by atoms with Crippen LogP contribution in [-0.2, 0) is 6.54 Å². The molecule has 2 aromatic heterocycles. The number of benzene rings is 1. The highest BCUT2D eigenvalue weighted by molar-refractivity contribution is 9.10. The number of hydrogen-bond acceptors (Lipinski definition) is 3. The standard InChI is InChI=1S/C13H11BrN4O2/c1-2-18-9-4-3-7(14)5-8(9)17-12(18)10-11(13(19)20)16-6-15-10/h3-6H,2H2,1H3,(H,15,16)(H,19,20). The van der Waals surface area contributed by atoms with E-state index in [2.05, 4.69) is 30.9 Å². The van der Waals surface area contributed by atoms with Crippen LogP contribution in [0.5, 0.6) is 0 Å². The van der Waals surface area contributed by atoms with Crippen molar-refractivity contribution in [2.45, 2.75) is 13.5 Å². The molecule has 0 amide bonds. The van der Waals surface area contributed by atoms with E-state index in [0.717, 1.165) is 15.5 Å². The molecule has 0 fully saturated rings. The molecule has 0 saturated carbocycles. The number of fused-ring (bicyclic) bond motifs is 1. The summed E-state index contributed by atoms with van der Waals surface area (Å²) in [7, 11) is 0. The fourth-order valence-electron chi connectivity index (χ4n) is 2.23. The molecule has 6 nitrogen and oxygen atoms in total. The van der Waals surface area contributed by atoms with Crippen LogP contribution >= 0.6 is 15.9 Å². The molecule has 3 aromatic rings. The van der Waals surface area contributed by atoms with Gasteiger partial charge in [-0.1, -0.05) is 15.9 Å². The molecule has 7 heteroatoms. The summed E-state index contributed by atoms with van der Waals surface area (Å²) >= 11 is 3.41. The number of hydrogen-bond donors (Lipinski definition) is 2. The van der Waals surface area contributed by atoms with E-state index >= 15 is 0 Å². The lowest BCUT2D eigenvalue weighted by Gasteiger charge is -2.04. The van der Waals surface area contributed by atoms with Crippen LogP contribution in [0.3, 0.4) is 0 Å². The van der Waals surface area contributed by atoms with Gasteiger partial charge in [0.25, 0.3) is 0 Å². The number of imidazole rings is 2. The number of halogens is 1. The Morgan fingerprint density at radius 3 is 3.00 bits per heavy atom. The number of nitrogens with zero attached hydrogens (tertiary/aromatic N) is 3. The average Bonchev–Trinajstić information content (AvgIpc) is 3.01. The summed E-state index contributed by atoms with van der Waals surface area (Å²) in [5, 5.41) is 9.18. The van der Waals surface area contributed by atoms with Gasteiger partial charge in [0.1, 0.15) is 5.69 Å². The van der Waals surface area contributed by atoms with Crippen molar-refractivity contribution in [1.29, 1.82) is 0 Å². The number of carboxylic acid groups (broad SMARTS) is 1. The predicted molar refractivity (Wildman–Crippen MR) is 77.6 cm³/mol. The van der Waals surface area contributed by atoms with E-state index in [9.17, 15) is 9.90 Å². The van der Waals surface area contributed by atoms with Crippen LogP contribution in [0.1, 0.15) is 17.4 Å². The van der Waals surface area contributed by atoms with E-state index in [1.54, 1.807) is 0 Å². The van der Waals surface area contributed by atoms with E-state index in [-0.39, 0.29) is 5.69 Å². The molecular formula is C13H11BrN4O2. The molecule has 2 heterocycles. The summed E-state index contributed by atoms with van der Waals surface area (Å²) in [6, 6.07) is 5.78. The molecule has 0 unspecified atom stereocenters. The highest BCUT2D eigenvalue weighted by atomic mass is 79.9. The van der Waals surface area contributed by atoms with Gasteiger partial charge in [-0.2, -0.15) is 0 Å². The molecule has 2 N–H and O–H groups in total. The zero-order chi connectivity index (χ0) is 14.3. The fourth-order valence-corrected chi connectivity index (χ4v) is 2.58. The van der Waals surface area contributed by atoms with Crippen molar-refractivity contribution in [1.82, 2.24) is 19.5 Å². The molecule has 0 spiro atoms. The lowest BCUT2D eigenvalue weighted by molar-refractivity contribution is 0.0692. The van der Waals surface area contributed by atoms with E-state index in [4.69, 9.17) is 0 Å². The number of nitrogens with one attached hydrogen (secondary N) is 1. The first-order chi connectivity index (χ1) is 9.61. The van der Waals surface area contributed by atoms with Gasteiger partial charge in [-0.25, -0.2) is 14.8 Å². The van der Waals surface area contributed by atoms with Crippen LogP contribution in [0, 0.1) is 0 Å². The van der Waals surface area contributed by atoms with Crippen molar-refractivity contribution >= 4 is 32.9 Å². The van der Waals surface area contributed by atoms with Gasteiger partial charge in [-0.3, -0.25) is 0 Å². The van der Waals surface area contributed by atoms with Crippen LogP contribution in [0.4, 0.5) is 0 Å². The maximum absolute atomic E-state index is 11.2. The minimum absolute atomic E-state index is 0.0501. The SMILES string of the molecule is CCn1c(-c2nc[nH]c2C(=O)O)nc2cc(Br)ccc21. The molecule has 20 heavy (non-hydrogen) atoms. The molecule has 0 aliphatic heterocycles. The third kappa shape index (κ3) is 1.90. The van der Waals surface area contributed by atoms with Crippen LogP contribution in [-0.4, -0.2) is 30.6 Å². The summed E-state index contributed by atoms with van der Waals surface area (Å²) < 4.78 is 2.88. The number of aromatic carboxylic acids is 1. The smallest absolute Gasteiger partial charge is 0.354 e. The Morgan fingerprint density at radius 2 is 2.30 bits per heavy atom. The van der Waals surface area contributed by atoms with Gasteiger partial charge in [-0.05, 0) is 25.1 Å². The van der Waals surface area contributed by atoms with Gasteiger partial charge >= 0.3 is 5.97 Å². The molecule has 0 aliphatic carbocycles. The number of aryl methyl sites for hydroxylation is 1. The van der Waals surface area contributed by atoms with E-state index < -0.39 is 5.97 Å². The largest absolute Gasteiger partial charge is 0.477 e. The second-order valence-corrected chi connectivity index (χ2v) is 5.16. The van der Waals surface area contributed by atoms with Gasteiger partial charge in [0, 0.05) is 11.0 Å². The molecule has 3 rings (SSSR count). The Bertz CT molecular complexity index is 806. The quantitative estimate of drug-likeness (QED) is 0.771. The normalized spacial score (nSPS) is 11.1. The summed E-state index contributed by atoms with van der Waals surface area (Å²) in [6.07, 6.45) is 1.37. The average molecular weight is 335 g/mol. The van der Waals surface area contributed by atoms with Crippen molar-refractivity contribution in [2.75, 3.05) is 0 Å². The molecular weight excluding hydrogens is 324 g/mol. The lowest BCUT2D eigenvalue weighted by Crippen LogP contribution is -2.04. The van der Waals surface area contributed by atoms with Gasteiger partial charge in [0.15, 0.2) is 11.5 Å². The van der Waals surface area contributed by atoms with Crippen molar-refractivity contribution in [3.8, 4) is 11.5 Å². The van der Waals surface area contributed by atoms with Crippen LogP contribution < -0.4 is 0 Å². The maximum Gasteiger partial charge on any atom is 0.354 e. The van der Waals surface area contributed by atoms with Gasteiger partial charge < -0.3 is 14.7 Å². The summed E-state index contributed by atoms with van der Waals surface area (Å²) in [6.45, 7) is 2.67. The van der Waals surface area contributed by atoms with Crippen molar-refractivity contribution in [3.05, 3.63) is 34.7 Å². The first kappa shape index (κ1) is 12.9. The third-order valence-corrected chi connectivity index (χ3v) is 3.58. The molecule has 0 bridgehead atoms. The minimum Gasteiger partial charge on any atom is -0.477 e. The van der Waals surface area contributed by atoms with Gasteiger partial charge in [0.2, 0.25) is 0 Å². The molecule has 0 atom stereocenters. The first-order valence-corrected chi connectivity index (χ1v) is 6.84. The minimum atomic E-state index is -1.05.